The molecule has 0 atom stereocenters. The van der Waals surface area contributed by atoms with Crippen molar-refractivity contribution in [2.24, 2.45) is 0 Å². The zero-order valence-electron chi connectivity index (χ0n) is 10.9. The number of hydrogen-bond donors (Lipinski definition) is 0. The highest BCUT2D eigenvalue weighted by molar-refractivity contribution is 9.08. The molecular weight excluding hydrogens is 302 g/mol. The first-order valence-electron chi connectivity index (χ1n) is 5.98. The highest BCUT2D eigenvalue weighted by atomic mass is 79.9. The Hall–Kier alpha value is -1.79. The van der Waals surface area contributed by atoms with Crippen LogP contribution >= 0.6 is 15.9 Å². The van der Waals surface area contributed by atoms with Gasteiger partial charge in [-0.3, -0.25) is 0 Å². The predicted octanol–water partition coefficient (Wildman–Crippen LogP) is 4.86. The molecule has 19 heavy (non-hydrogen) atoms. The van der Waals surface area contributed by atoms with E-state index in [2.05, 4.69) is 28.9 Å². The van der Waals surface area contributed by atoms with Gasteiger partial charge in [0.1, 0.15) is 17.6 Å². The number of aryl methyl sites for hydroxylation is 2. The van der Waals surface area contributed by atoms with Crippen LogP contribution in [0.2, 0.25) is 0 Å². The van der Waals surface area contributed by atoms with Crippen LogP contribution in [0, 0.1) is 25.2 Å². The van der Waals surface area contributed by atoms with Gasteiger partial charge in [0.2, 0.25) is 0 Å². The summed E-state index contributed by atoms with van der Waals surface area (Å²) >= 11 is 3.38. The van der Waals surface area contributed by atoms with Crippen LogP contribution in [0.4, 0.5) is 0 Å². The number of hydrogen-bond acceptors (Lipinski definition) is 2. The van der Waals surface area contributed by atoms with Crippen molar-refractivity contribution in [2.75, 3.05) is 0 Å². The maximum absolute atomic E-state index is 9.17. The van der Waals surface area contributed by atoms with E-state index in [0.717, 1.165) is 16.6 Å². The fourth-order valence-corrected chi connectivity index (χ4v) is 2.09. The van der Waals surface area contributed by atoms with Gasteiger partial charge in [0, 0.05) is 5.33 Å². The Morgan fingerprint density at radius 1 is 1.11 bits per heavy atom. The third-order valence-electron chi connectivity index (χ3n) is 3.02. The monoisotopic (exact) mass is 315 g/mol. The molecule has 3 heteroatoms. The summed E-state index contributed by atoms with van der Waals surface area (Å²) in [6.07, 6.45) is 0. The molecule has 2 rings (SSSR count). The first-order chi connectivity index (χ1) is 9.13. The minimum Gasteiger partial charge on any atom is -0.456 e. The number of halogens is 1. The van der Waals surface area contributed by atoms with E-state index in [1.54, 1.807) is 0 Å². The average molecular weight is 316 g/mol. The van der Waals surface area contributed by atoms with Gasteiger partial charge < -0.3 is 4.74 Å². The molecule has 2 nitrogen and oxygen atoms in total. The minimum absolute atomic E-state index is 0.551. The molecule has 0 saturated carbocycles. The zero-order valence-corrected chi connectivity index (χ0v) is 12.5. The van der Waals surface area contributed by atoms with Gasteiger partial charge in [0.15, 0.2) is 0 Å². The summed E-state index contributed by atoms with van der Waals surface area (Å²) in [6.45, 7) is 4.10. The van der Waals surface area contributed by atoms with E-state index in [1.165, 1.54) is 11.1 Å². The lowest BCUT2D eigenvalue weighted by molar-refractivity contribution is 0.480. The van der Waals surface area contributed by atoms with E-state index < -0.39 is 0 Å². The fraction of sp³-hybridized carbons (Fsp3) is 0.188. The number of nitriles is 1. The van der Waals surface area contributed by atoms with Crippen LogP contribution in [0.1, 0.15) is 22.3 Å². The van der Waals surface area contributed by atoms with Gasteiger partial charge in [-0.1, -0.05) is 28.1 Å². The Morgan fingerprint density at radius 2 is 1.89 bits per heavy atom. The number of rotatable bonds is 3. The summed E-state index contributed by atoms with van der Waals surface area (Å²) in [5, 5.41) is 9.90. The first-order valence-corrected chi connectivity index (χ1v) is 7.10. The van der Waals surface area contributed by atoms with E-state index in [-0.39, 0.29) is 0 Å². The van der Waals surface area contributed by atoms with Crippen molar-refractivity contribution in [1.82, 2.24) is 0 Å². The molecule has 2 aromatic carbocycles. The van der Waals surface area contributed by atoms with Crippen LogP contribution in [0.15, 0.2) is 36.4 Å². The van der Waals surface area contributed by atoms with Crippen molar-refractivity contribution < 1.29 is 4.74 Å². The third kappa shape index (κ3) is 3.15. The smallest absolute Gasteiger partial charge is 0.145 e. The lowest BCUT2D eigenvalue weighted by Crippen LogP contribution is -1.91. The van der Waals surface area contributed by atoms with Crippen molar-refractivity contribution in [1.29, 1.82) is 5.26 Å². The molecule has 96 valence electrons. The molecular formula is C16H14BrNO. The SMILES string of the molecule is Cc1ccc(Oc2ccc(CBr)cc2C#N)cc1C. The van der Waals surface area contributed by atoms with Crippen molar-refractivity contribution in [3.63, 3.8) is 0 Å². The largest absolute Gasteiger partial charge is 0.456 e. The van der Waals surface area contributed by atoms with Crippen LogP contribution in [-0.4, -0.2) is 0 Å². The Morgan fingerprint density at radius 3 is 2.53 bits per heavy atom. The van der Waals surface area contributed by atoms with Gasteiger partial charge in [-0.25, -0.2) is 0 Å². The van der Waals surface area contributed by atoms with Gasteiger partial charge >= 0.3 is 0 Å². The molecule has 0 heterocycles. The zero-order chi connectivity index (χ0) is 13.8. The van der Waals surface area contributed by atoms with Crippen LogP contribution < -0.4 is 4.74 Å². The molecule has 0 aliphatic carbocycles. The fourth-order valence-electron chi connectivity index (χ4n) is 1.74. The lowest BCUT2D eigenvalue weighted by Gasteiger charge is -2.10. The maximum Gasteiger partial charge on any atom is 0.145 e. The topological polar surface area (TPSA) is 33.0 Å². The number of benzene rings is 2. The second-order valence-corrected chi connectivity index (χ2v) is 4.98. The predicted molar refractivity (Wildman–Crippen MR) is 79.8 cm³/mol. The molecule has 0 fully saturated rings. The Bertz CT molecular complexity index is 644. The summed E-state index contributed by atoms with van der Waals surface area (Å²) in [5.74, 6) is 1.35. The molecule has 0 amide bonds. The van der Waals surface area contributed by atoms with Crippen LogP contribution in [0.3, 0.4) is 0 Å². The summed E-state index contributed by atoms with van der Waals surface area (Å²) in [7, 11) is 0. The molecule has 2 aromatic rings. The summed E-state index contributed by atoms with van der Waals surface area (Å²) < 4.78 is 5.80. The molecule has 0 N–H and O–H groups in total. The van der Waals surface area contributed by atoms with E-state index in [1.807, 2.05) is 43.3 Å². The second kappa shape index (κ2) is 5.90. The van der Waals surface area contributed by atoms with Gasteiger partial charge in [-0.15, -0.1) is 0 Å². The normalized spacial score (nSPS) is 10.0. The lowest BCUT2D eigenvalue weighted by atomic mass is 10.1. The van der Waals surface area contributed by atoms with E-state index >= 15 is 0 Å². The summed E-state index contributed by atoms with van der Waals surface area (Å²) in [6, 6.07) is 13.7. The van der Waals surface area contributed by atoms with Crippen molar-refractivity contribution >= 4 is 15.9 Å². The number of nitrogens with zero attached hydrogens (tertiary/aromatic N) is 1. The minimum atomic E-state index is 0.551. The van der Waals surface area contributed by atoms with Gasteiger partial charge in [-0.05, 0) is 54.8 Å². The Kier molecular flexibility index (Phi) is 4.24. The molecule has 0 unspecified atom stereocenters. The average Bonchev–Trinajstić information content (AvgIpc) is 2.43. The Labute approximate surface area is 121 Å². The molecule has 0 aliphatic heterocycles. The van der Waals surface area contributed by atoms with Gasteiger partial charge in [-0.2, -0.15) is 5.26 Å². The van der Waals surface area contributed by atoms with Crippen molar-refractivity contribution in [2.45, 2.75) is 19.2 Å². The number of ether oxygens (including phenoxy) is 1. The van der Waals surface area contributed by atoms with Gasteiger partial charge in [0.25, 0.3) is 0 Å². The highest BCUT2D eigenvalue weighted by Crippen LogP contribution is 2.27. The summed E-state index contributed by atoms with van der Waals surface area (Å²) in [5.41, 5.74) is 4.01. The maximum atomic E-state index is 9.17. The highest BCUT2D eigenvalue weighted by Gasteiger charge is 2.06. The second-order valence-electron chi connectivity index (χ2n) is 4.42. The third-order valence-corrected chi connectivity index (χ3v) is 3.67. The Balaban J connectivity index is 2.33. The molecule has 0 aliphatic rings. The van der Waals surface area contributed by atoms with E-state index in [0.29, 0.717) is 11.3 Å². The first kappa shape index (κ1) is 13.6. The standard InChI is InChI=1S/C16H14BrNO/c1-11-3-5-15(7-12(11)2)19-16-6-4-13(9-17)8-14(16)10-18/h3-8H,9H2,1-2H3. The van der Waals surface area contributed by atoms with Crippen molar-refractivity contribution in [3.8, 4) is 17.6 Å². The quantitative estimate of drug-likeness (QED) is 0.757. The number of alkyl halides is 1. The molecule has 0 bridgehead atoms. The van der Waals surface area contributed by atoms with Crippen LogP contribution in [-0.2, 0) is 5.33 Å². The van der Waals surface area contributed by atoms with Gasteiger partial charge in [0.05, 0.1) is 5.56 Å². The molecule has 0 radical (unpaired) electrons. The molecule has 0 aromatic heterocycles. The van der Waals surface area contributed by atoms with Crippen molar-refractivity contribution in [3.05, 3.63) is 58.7 Å². The van der Waals surface area contributed by atoms with Crippen LogP contribution in [0.25, 0.3) is 0 Å². The summed E-state index contributed by atoms with van der Waals surface area (Å²) in [4.78, 5) is 0. The van der Waals surface area contributed by atoms with Crippen LogP contribution in [0.5, 0.6) is 11.5 Å². The van der Waals surface area contributed by atoms with E-state index in [9.17, 15) is 0 Å². The molecule has 0 spiro atoms. The molecule has 0 saturated heterocycles. The van der Waals surface area contributed by atoms with E-state index in [4.69, 9.17) is 10.00 Å².